The molecule has 0 bridgehead atoms. The van der Waals surface area contributed by atoms with E-state index in [1.54, 1.807) is 6.07 Å². The molecule has 0 spiro atoms. The van der Waals surface area contributed by atoms with Crippen LogP contribution in [0.3, 0.4) is 0 Å². The first-order valence-electron chi connectivity index (χ1n) is 8.49. The van der Waals surface area contributed by atoms with Crippen molar-refractivity contribution in [3.05, 3.63) is 71.7 Å². The Morgan fingerprint density at radius 1 is 1.36 bits per heavy atom. The first-order valence-corrected chi connectivity index (χ1v) is 8.49. The summed E-state index contributed by atoms with van der Waals surface area (Å²) in [6, 6.07) is 12.2. The van der Waals surface area contributed by atoms with Crippen LogP contribution in [0.15, 0.2) is 54.7 Å². The molecule has 1 aliphatic heterocycles. The summed E-state index contributed by atoms with van der Waals surface area (Å²) in [6.45, 7) is 6.85. The highest BCUT2D eigenvalue weighted by molar-refractivity contribution is 5.58. The highest BCUT2D eigenvalue weighted by Gasteiger charge is 2.24. The predicted molar refractivity (Wildman–Crippen MR) is 96.3 cm³/mol. The number of likely N-dealkylation sites (tertiary alicyclic amines) is 1. The van der Waals surface area contributed by atoms with Gasteiger partial charge in [-0.15, -0.1) is 0 Å². The lowest BCUT2D eigenvalue weighted by Gasteiger charge is -2.25. The largest absolute Gasteiger partial charge is 0.457 e. The maximum absolute atomic E-state index is 13.2. The minimum absolute atomic E-state index is 0.0474. The fourth-order valence-electron chi connectivity index (χ4n) is 3.24. The first kappa shape index (κ1) is 17.2. The van der Waals surface area contributed by atoms with Crippen molar-refractivity contribution in [1.29, 1.82) is 0 Å². The van der Waals surface area contributed by atoms with Gasteiger partial charge < -0.3 is 14.4 Å². The Bertz CT molecular complexity index is 787. The number of hydrogen-bond acceptors (Lipinski definition) is 3. The molecule has 0 aliphatic carbocycles. The summed E-state index contributed by atoms with van der Waals surface area (Å²) in [4.78, 5) is 13.2. The van der Waals surface area contributed by atoms with Gasteiger partial charge in [-0.2, -0.15) is 0 Å². The highest BCUT2D eigenvalue weighted by atomic mass is 19.1. The fraction of sp³-hybridized carbons (Fsp3) is 0.286. The zero-order valence-electron chi connectivity index (χ0n) is 14.4. The second kappa shape index (κ2) is 7.51. The number of ether oxygens (including phenoxy) is 1. The van der Waals surface area contributed by atoms with Crippen LogP contribution in [0, 0.1) is 12.7 Å². The van der Waals surface area contributed by atoms with Gasteiger partial charge in [0.2, 0.25) is 0 Å². The third-order valence-corrected chi connectivity index (χ3v) is 4.53. The van der Waals surface area contributed by atoms with Gasteiger partial charge in [0.1, 0.15) is 23.6 Å². The molecule has 0 N–H and O–H groups in total. The van der Waals surface area contributed by atoms with Gasteiger partial charge in [0.15, 0.2) is 0 Å². The van der Waals surface area contributed by atoms with E-state index in [1.165, 1.54) is 12.1 Å². The Morgan fingerprint density at radius 2 is 2.20 bits per heavy atom. The van der Waals surface area contributed by atoms with Crippen molar-refractivity contribution < 1.29 is 13.9 Å². The first-order chi connectivity index (χ1) is 12.1. The molecule has 1 saturated heterocycles. The molecule has 130 valence electrons. The minimum atomic E-state index is -0.273. The number of rotatable bonds is 6. The average Bonchev–Trinajstić information content (AvgIpc) is 3.07. The van der Waals surface area contributed by atoms with Crippen LogP contribution < -0.4 is 4.74 Å². The van der Waals surface area contributed by atoms with Crippen molar-refractivity contribution in [1.82, 2.24) is 4.90 Å². The Balaban J connectivity index is 1.71. The lowest BCUT2D eigenvalue weighted by atomic mass is 10.1. The van der Waals surface area contributed by atoms with E-state index in [-0.39, 0.29) is 11.9 Å². The highest BCUT2D eigenvalue weighted by Crippen LogP contribution is 2.28. The smallest absolute Gasteiger partial charge is 0.142 e. The molecule has 3 nitrogen and oxygen atoms in total. The second-order valence-corrected chi connectivity index (χ2v) is 6.44. The maximum Gasteiger partial charge on any atom is 0.142 e. The van der Waals surface area contributed by atoms with E-state index in [0.717, 1.165) is 42.5 Å². The van der Waals surface area contributed by atoms with E-state index in [1.807, 2.05) is 31.2 Å². The number of carbonyl (C=O) groups excluding carboxylic acids is 1. The number of allylic oxidation sites excluding steroid dienone is 1. The molecule has 0 saturated carbocycles. The van der Waals surface area contributed by atoms with Crippen LogP contribution in [0.4, 0.5) is 4.39 Å². The normalized spacial score (nSPS) is 16.7. The van der Waals surface area contributed by atoms with E-state index < -0.39 is 0 Å². The Hall–Kier alpha value is -2.62. The monoisotopic (exact) mass is 339 g/mol. The second-order valence-electron chi connectivity index (χ2n) is 6.44. The molecule has 2 aromatic rings. The van der Waals surface area contributed by atoms with E-state index >= 15 is 0 Å². The minimum Gasteiger partial charge on any atom is -0.457 e. The number of halogens is 1. The number of carbonyl (C=O) groups is 1. The zero-order chi connectivity index (χ0) is 17.8. The van der Waals surface area contributed by atoms with E-state index in [4.69, 9.17) is 4.74 Å². The molecule has 0 aromatic heterocycles. The molecule has 0 amide bonds. The van der Waals surface area contributed by atoms with E-state index in [0.29, 0.717) is 17.9 Å². The summed E-state index contributed by atoms with van der Waals surface area (Å²) >= 11 is 0. The van der Waals surface area contributed by atoms with Crippen molar-refractivity contribution in [3.63, 3.8) is 0 Å². The number of hydrogen-bond donors (Lipinski definition) is 0. The van der Waals surface area contributed by atoms with Gasteiger partial charge in [-0.05, 0) is 61.2 Å². The van der Waals surface area contributed by atoms with Gasteiger partial charge in [-0.3, -0.25) is 0 Å². The quantitative estimate of drug-likeness (QED) is 0.718. The summed E-state index contributed by atoms with van der Waals surface area (Å²) in [5, 5.41) is 0. The van der Waals surface area contributed by atoms with E-state index in [9.17, 15) is 9.18 Å². The molecule has 1 heterocycles. The van der Waals surface area contributed by atoms with Crippen molar-refractivity contribution in [3.8, 4) is 11.5 Å². The molecule has 4 heteroatoms. The number of aryl methyl sites for hydroxylation is 1. The van der Waals surface area contributed by atoms with Crippen molar-refractivity contribution >= 4 is 6.29 Å². The number of aldehydes is 1. The summed E-state index contributed by atoms with van der Waals surface area (Å²) in [5.41, 5.74) is 2.77. The zero-order valence-corrected chi connectivity index (χ0v) is 14.4. The lowest BCUT2D eigenvalue weighted by Crippen LogP contribution is -2.30. The molecule has 2 aromatic carbocycles. The van der Waals surface area contributed by atoms with E-state index in [2.05, 4.69) is 11.5 Å². The third kappa shape index (κ3) is 4.08. The third-order valence-electron chi connectivity index (χ3n) is 4.53. The van der Waals surface area contributed by atoms with Crippen LogP contribution in [-0.2, 0) is 11.2 Å². The van der Waals surface area contributed by atoms with Gasteiger partial charge >= 0.3 is 0 Å². The summed E-state index contributed by atoms with van der Waals surface area (Å²) in [6.07, 6.45) is 3.60. The molecule has 3 rings (SSSR count). The molecule has 0 radical (unpaired) electrons. The van der Waals surface area contributed by atoms with Crippen LogP contribution in [0.1, 0.15) is 24.0 Å². The van der Waals surface area contributed by atoms with Gasteiger partial charge in [-0.25, -0.2) is 4.39 Å². The van der Waals surface area contributed by atoms with Gasteiger partial charge in [0.25, 0.3) is 0 Å². The van der Waals surface area contributed by atoms with Crippen LogP contribution in [0.5, 0.6) is 11.5 Å². The van der Waals surface area contributed by atoms with Crippen molar-refractivity contribution in [2.45, 2.75) is 32.2 Å². The molecule has 1 atom stereocenters. The fourth-order valence-corrected chi connectivity index (χ4v) is 3.24. The number of nitrogens with zero attached hydrogens (tertiary/aromatic N) is 1. The average molecular weight is 339 g/mol. The Morgan fingerprint density at radius 3 is 2.96 bits per heavy atom. The predicted octanol–water partition coefficient (Wildman–Crippen LogP) is 4.65. The van der Waals surface area contributed by atoms with Crippen molar-refractivity contribution in [2.24, 2.45) is 0 Å². The maximum atomic E-state index is 13.2. The van der Waals surface area contributed by atoms with Crippen LogP contribution in [-0.4, -0.2) is 23.8 Å². The molecule has 1 aliphatic rings. The SMILES string of the molecule is C=C(Cc1cccc(Oc2ccc(F)cc2C)c1)N1CCCC1C=O. The molecular formula is C21H22FNO2. The van der Waals surface area contributed by atoms with Crippen molar-refractivity contribution in [2.75, 3.05) is 6.54 Å². The van der Waals surface area contributed by atoms with Crippen LogP contribution in [0.2, 0.25) is 0 Å². The van der Waals surface area contributed by atoms with Crippen LogP contribution in [0.25, 0.3) is 0 Å². The molecule has 1 fully saturated rings. The van der Waals surface area contributed by atoms with Gasteiger partial charge in [0.05, 0.1) is 6.04 Å². The van der Waals surface area contributed by atoms with Crippen LogP contribution >= 0.6 is 0 Å². The Kier molecular flexibility index (Phi) is 5.17. The summed E-state index contributed by atoms with van der Waals surface area (Å²) < 4.78 is 19.1. The standard InChI is InChI=1S/C21H22FNO2/c1-15-11-18(22)8-9-21(15)25-20-7-3-5-17(13-20)12-16(2)23-10-4-6-19(23)14-24/h3,5,7-9,11,13-14,19H,2,4,6,10,12H2,1H3. The Labute approximate surface area is 147 Å². The molecule has 1 unspecified atom stereocenters. The topological polar surface area (TPSA) is 29.5 Å². The van der Waals surface area contributed by atoms with Gasteiger partial charge in [0, 0.05) is 18.7 Å². The summed E-state index contributed by atoms with van der Waals surface area (Å²) in [5.74, 6) is 1.07. The summed E-state index contributed by atoms with van der Waals surface area (Å²) in [7, 11) is 0. The number of benzene rings is 2. The molecule has 25 heavy (non-hydrogen) atoms. The van der Waals surface area contributed by atoms with Gasteiger partial charge in [-0.1, -0.05) is 18.7 Å². The lowest BCUT2D eigenvalue weighted by molar-refractivity contribution is -0.111. The molecular weight excluding hydrogens is 317 g/mol.